The SMILES string of the molecule is C=C(C)c1ccc(/C=N\NC(N)=S)cc1. The largest absolute Gasteiger partial charge is 0.375 e. The highest BCUT2D eigenvalue weighted by Gasteiger charge is 1.92. The molecule has 0 atom stereocenters. The van der Waals surface area contributed by atoms with Crippen LogP contribution in [0.3, 0.4) is 0 Å². The normalized spacial score (nSPS) is 10.2. The zero-order chi connectivity index (χ0) is 11.3. The summed E-state index contributed by atoms with van der Waals surface area (Å²) < 4.78 is 0. The van der Waals surface area contributed by atoms with E-state index in [9.17, 15) is 0 Å². The van der Waals surface area contributed by atoms with Crippen molar-refractivity contribution in [2.75, 3.05) is 0 Å². The third-order valence-electron chi connectivity index (χ3n) is 1.79. The van der Waals surface area contributed by atoms with Gasteiger partial charge < -0.3 is 5.73 Å². The number of nitrogens with zero attached hydrogens (tertiary/aromatic N) is 1. The summed E-state index contributed by atoms with van der Waals surface area (Å²) in [5.41, 5.74) is 10.8. The summed E-state index contributed by atoms with van der Waals surface area (Å²) in [7, 11) is 0. The van der Waals surface area contributed by atoms with Gasteiger partial charge in [0.05, 0.1) is 6.21 Å². The standard InChI is InChI=1S/C11H13N3S/c1-8(2)10-5-3-9(4-6-10)7-13-14-11(12)15/h3-7H,1H2,2H3,(H3,12,14,15)/b13-7-. The third-order valence-corrected chi connectivity index (χ3v) is 1.88. The summed E-state index contributed by atoms with van der Waals surface area (Å²) in [4.78, 5) is 0. The van der Waals surface area contributed by atoms with E-state index in [1.165, 1.54) is 0 Å². The van der Waals surface area contributed by atoms with E-state index in [1.54, 1.807) is 6.21 Å². The van der Waals surface area contributed by atoms with Gasteiger partial charge >= 0.3 is 0 Å². The molecule has 0 saturated heterocycles. The first-order valence-corrected chi connectivity index (χ1v) is 4.85. The second-order valence-corrected chi connectivity index (χ2v) is 3.58. The van der Waals surface area contributed by atoms with Crippen LogP contribution in [0.25, 0.3) is 5.57 Å². The van der Waals surface area contributed by atoms with Crippen LogP contribution in [0.1, 0.15) is 18.1 Å². The van der Waals surface area contributed by atoms with Crippen molar-refractivity contribution >= 4 is 29.1 Å². The van der Waals surface area contributed by atoms with Gasteiger partial charge in [0.25, 0.3) is 0 Å². The minimum absolute atomic E-state index is 0.157. The van der Waals surface area contributed by atoms with E-state index in [-0.39, 0.29) is 5.11 Å². The van der Waals surface area contributed by atoms with E-state index < -0.39 is 0 Å². The van der Waals surface area contributed by atoms with Gasteiger partial charge in [-0.3, -0.25) is 5.43 Å². The molecule has 3 nitrogen and oxygen atoms in total. The van der Waals surface area contributed by atoms with Crippen molar-refractivity contribution in [1.82, 2.24) is 5.43 Å². The predicted molar refractivity (Wildman–Crippen MR) is 68.7 cm³/mol. The van der Waals surface area contributed by atoms with Crippen molar-refractivity contribution in [3.63, 3.8) is 0 Å². The first kappa shape index (κ1) is 11.4. The van der Waals surface area contributed by atoms with Gasteiger partial charge in [-0.05, 0) is 30.3 Å². The average molecular weight is 219 g/mol. The summed E-state index contributed by atoms with van der Waals surface area (Å²) in [5.74, 6) is 0. The quantitative estimate of drug-likeness (QED) is 0.463. The minimum atomic E-state index is 0.157. The molecule has 0 fully saturated rings. The molecule has 0 saturated carbocycles. The van der Waals surface area contributed by atoms with E-state index in [0.717, 1.165) is 16.7 Å². The van der Waals surface area contributed by atoms with Gasteiger partial charge in [-0.2, -0.15) is 5.10 Å². The number of nitrogens with two attached hydrogens (primary N) is 1. The number of nitrogens with one attached hydrogen (secondary N) is 1. The van der Waals surface area contributed by atoms with Crippen LogP contribution in [-0.4, -0.2) is 11.3 Å². The molecule has 0 aliphatic carbocycles. The lowest BCUT2D eigenvalue weighted by molar-refractivity contribution is 1.04. The molecular formula is C11H13N3S. The van der Waals surface area contributed by atoms with Gasteiger partial charge in [0.15, 0.2) is 5.11 Å². The number of thiocarbonyl (C=S) groups is 1. The Labute approximate surface area is 94.7 Å². The molecule has 4 heteroatoms. The Morgan fingerprint density at radius 2 is 2.07 bits per heavy atom. The first-order chi connectivity index (χ1) is 7.09. The summed E-state index contributed by atoms with van der Waals surface area (Å²) in [6, 6.07) is 7.89. The second-order valence-electron chi connectivity index (χ2n) is 3.14. The second kappa shape index (κ2) is 5.26. The van der Waals surface area contributed by atoms with Crippen LogP contribution in [0.2, 0.25) is 0 Å². The third kappa shape index (κ3) is 3.91. The number of hydrogen-bond donors (Lipinski definition) is 2. The van der Waals surface area contributed by atoms with Gasteiger partial charge in [0, 0.05) is 0 Å². The molecule has 15 heavy (non-hydrogen) atoms. The van der Waals surface area contributed by atoms with Crippen LogP contribution in [0, 0.1) is 0 Å². The van der Waals surface area contributed by atoms with Crippen molar-refractivity contribution in [2.24, 2.45) is 10.8 Å². The van der Waals surface area contributed by atoms with Crippen LogP contribution in [0.4, 0.5) is 0 Å². The molecule has 0 heterocycles. The fourth-order valence-corrected chi connectivity index (χ4v) is 1.08. The Balaban J connectivity index is 2.68. The van der Waals surface area contributed by atoms with E-state index in [2.05, 4.69) is 29.3 Å². The van der Waals surface area contributed by atoms with Crippen molar-refractivity contribution in [3.05, 3.63) is 42.0 Å². The zero-order valence-corrected chi connectivity index (χ0v) is 9.34. The van der Waals surface area contributed by atoms with E-state index >= 15 is 0 Å². The highest BCUT2D eigenvalue weighted by Crippen LogP contribution is 2.11. The molecule has 0 amide bonds. The van der Waals surface area contributed by atoms with Gasteiger partial charge in [-0.15, -0.1) is 0 Å². The van der Waals surface area contributed by atoms with Crippen molar-refractivity contribution in [1.29, 1.82) is 0 Å². The zero-order valence-electron chi connectivity index (χ0n) is 8.53. The molecule has 0 radical (unpaired) electrons. The summed E-state index contributed by atoms with van der Waals surface area (Å²) in [6.45, 7) is 5.83. The fourth-order valence-electron chi connectivity index (χ4n) is 1.02. The lowest BCUT2D eigenvalue weighted by Crippen LogP contribution is -2.23. The number of benzene rings is 1. The van der Waals surface area contributed by atoms with Gasteiger partial charge in [0.2, 0.25) is 0 Å². The first-order valence-electron chi connectivity index (χ1n) is 4.44. The maximum Gasteiger partial charge on any atom is 0.184 e. The molecule has 0 spiro atoms. The molecule has 0 aliphatic rings. The summed E-state index contributed by atoms with van der Waals surface area (Å²) >= 11 is 4.61. The predicted octanol–water partition coefficient (Wildman–Crippen LogP) is 1.89. The lowest BCUT2D eigenvalue weighted by atomic mass is 10.1. The molecule has 78 valence electrons. The number of rotatable bonds is 3. The maximum absolute atomic E-state index is 5.22. The molecule has 1 aromatic carbocycles. The van der Waals surface area contributed by atoms with Crippen LogP contribution < -0.4 is 11.2 Å². The average Bonchev–Trinajstić information content (AvgIpc) is 2.18. The van der Waals surface area contributed by atoms with Crippen LogP contribution >= 0.6 is 12.2 Å². The topological polar surface area (TPSA) is 50.4 Å². The summed E-state index contributed by atoms with van der Waals surface area (Å²) in [5, 5.41) is 4.01. The van der Waals surface area contributed by atoms with Crippen molar-refractivity contribution < 1.29 is 0 Å². The van der Waals surface area contributed by atoms with Crippen LogP contribution in [-0.2, 0) is 0 Å². The molecule has 0 bridgehead atoms. The van der Waals surface area contributed by atoms with E-state index in [0.29, 0.717) is 0 Å². The Morgan fingerprint density at radius 1 is 1.47 bits per heavy atom. The molecule has 0 aromatic heterocycles. The fraction of sp³-hybridized carbons (Fsp3) is 0.0909. The number of allylic oxidation sites excluding steroid dienone is 1. The smallest absolute Gasteiger partial charge is 0.184 e. The van der Waals surface area contributed by atoms with Gasteiger partial charge in [0.1, 0.15) is 0 Å². The van der Waals surface area contributed by atoms with Gasteiger partial charge in [-0.25, -0.2) is 0 Å². The lowest BCUT2D eigenvalue weighted by Gasteiger charge is -1.99. The number of hydrazone groups is 1. The Morgan fingerprint density at radius 3 is 2.53 bits per heavy atom. The molecule has 0 aliphatic heterocycles. The van der Waals surface area contributed by atoms with Crippen LogP contribution in [0.5, 0.6) is 0 Å². The highest BCUT2D eigenvalue weighted by atomic mass is 32.1. The van der Waals surface area contributed by atoms with Crippen molar-refractivity contribution in [3.8, 4) is 0 Å². The van der Waals surface area contributed by atoms with Gasteiger partial charge in [-0.1, -0.05) is 36.4 Å². The Kier molecular flexibility index (Phi) is 4.00. The van der Waals surface area contributed by atoms with E-state index in [4.69, 9.17) is 5.73 Å². The summed E-state index contributed by atoms with van der Waals surface area (Å²) in [6.07, 6.45) is 1.65. The molecular weight excluding hydrogens is 206 g/mol. The Hall–Kier alpha value is -1.68. The highest BCUT2D eigenvalue weighted by molar-refractivity contribution is 7.80. The monoisotopic (exact) mass is 219 g/mol. The maximum atomic E-state index is 5.22. The molecule has 3 N–H and O–H groups in total. The van der Waals surface area contributed by atoms with Crippen molar-refractivity contribution in [2.45, 2.75) is 6.92 Å². The molecule has 1 rings (SSSR count). The number of hydrogen-bond acceptors (Lipinski definition) is 2. The van der Waals surface area contributed by atoms with E-state index in [1.807, 2.05) is 31.2 Å². The molecule has 1 aromatic rings. The minimum Gasteiger partial charge on any atom is -0.375 e. The molecule has 0 unspecified atom stereocenters. The van der Waals surface area contributed by atoms with Crippen LogP contribution in [0.15, 0.2) is 35.9 Å². The Bertz CT molecular complexity index is 393.